The highest BCUT2D eigenvalue weighted by molar-refractivity contribution is 6.02. The van der Waals surface area contributed by atoms with Gasteiger partial charge in [-0.1, -0.05) is 12.1 Å². The number of fused-ring (bicyclic) bond motifs is 1. The lowest BCUT2D eigenvalue weighted by Crippen LogP contribution is -2.21. The van der Waals surface area contributed by atoms with Crippen molar-refractivity contribution in [3.05, 3.63) is 41.5 Å². The molecule has 0 bridgehead atoms. The van der Waals surface area contributed by atoms with E-state index < -0.39 is 6.10 Å². The summed E-state index contributed by atoms with van der Waals surface area (Å²) in [4.78, 5) is 12.7. The standard InChI is InChI=1S/C19H20O6/c1-21-12-7-5-11(6-8-12)15-10-14(20)13-9-16(22-2)18(23-3)19(24-4)17(13)25-15/h5-9,15H,10H2,1-4H3/t15-/m1/s1. The van der Waals surface area contributed by atoms with Gasteiger partial charge >= 0.3 is 0 Å². The maximum absolute atomic E-state index is 12.7. The molecule has 0 spiro atoms. The Hall–Kier alpha value is -2.89. The van der Waals surface area contributed by atoms with Crippen LogP contribution in [0.1, 0.15) is 28.4 Å². The third-order valence-electron chi connectivity index (χ3n) is 4.20. The molecule has 3 rings (SSSR count). The highest BCUT2D eigenvalue weighted by atomic mass is 16.5. The minimum Gasteiger partial charge on any atom is -0.497 e. The van der Waals surface area contributed by atoms with E-state index in [9.17, 15) is 4.79 Å². The molecule has 0 unspecified atom stereocenters. The topological polar surface area (TPSA) is 63.2 Å². The Balaban J connectivity index is 2.05. The molecule has 0 aromatic heterocycles. The Morgan fingerprint density at radius 3 is 2.16 bits per heavy atom. The summed E-state index contributed by atoms with van der Waals surface area (Å²) < 4.78 is 27.4. The number of methoxy groups -OCH3 is 4. The number of hydrogen-bond acceptors (Lipinski definition) is 6. The molecule has 6 nitrogen and oxygen atoms in total. The summed E-state index contributed by atoms with van der Waals surface area (Å²) in [5.41, 5.74) is 1.32. The van der Waals surface area contributed by atoms with Gasteiger partial charge in [-0.3, -0.25) is 4.79 Å². The van der Waals surface area contributed by atoms with Crippen molar-refractivity contribution in [2.75, 3.05) is 28.4 Å². The molecule has 0 N–H and O–H groups in total. The van der Waals surface area contributed by atoms with E-state index in [0.717, 1.165) is 11.3 Å². The number of ketones is 1. The fourth-order valence-electron chi connectivity index (χ4n) is 2.92. The maximum Gasteiger partial charge on any atom is 0.208 e. The second-order valence-electron chi connectivity index (χ2n) is 5.53. The van der Waals surface area contributed by atoms with Crippen LogP contribution < -0.4 is 23.7 Å². The van der Waals surface area contributed by atoms with E-state index in [0.29, 0.717) is 28.6 Å². The van der Waals surface area contributed by atoms with Crippen LogP contribution in [0.2, 0.25) is 0 Å². The Kier molecular flexibility index (Phi) is 4.70. The summed E-state index contributed by atoms with van der Waals surface area (Å²) in [5, 5.41) is 0. The summed E-state index contributed by atoms with van der Waals surface area (Å²) in [6.07, 6.45) is -0.171. The van der Waals surface area contributed by atoms with Gasteiger partial charge in [0.15, 0.2) is 17.3 Å². The first-order chi connectivity index (χ1) is 12.1. The molecular formula is C19H20O6. The number of carbonyl (C=O) groups excluding carboxylic acids is 1. The van der Waals surface area contributed by atoms with E-state index in [4.69, 9.17) is 23.7 Å². The summed E-state index contributed by atoms with van der Waals surface area (Å²) in [6, 6.07) is 9.07. The highest BCUT2D eigenvalue weighted by Crippen LogP contribution is 2.50. The van der Waals surface area contributed by atoms with Crippen LogP contribution in [0, 0.1) is 0 Å². The summed E-state index contributed by atoms with van der Waals surface area (Å²) >= 11 is 0. The van der Waals surface area contributed by atoms with Crippen molar-refractivity contribution in [1.82, 2.24) is 0 Å². The fourth-order valence-corrected chi connectivity index (χ4v) is 2.92. The first-order valence-corrected chi connectivity index (χ1v) is 7.79. The number of rotatable bonds is 5. The summed E-state index contributed by atoms with van der Waals surface area (Å²) in [5.74, 6) is 2.25. The van der Waals surface area contributed by atoms with Crippen molar-refractivity contribution in [3.8, 4) is 28.7 Å². The van der Waals surface area contributed by atoms with Crippen LogP contribution in [0.25, 0.3) is 0 Å². The molecule has 1 atom stereocenters. The minimum absolute atomic E-state index is 0.0404. The van der Waals surface area contributed by atoms with Gasteiger partial charge in [0.2, 0.25) is 11.5 Å². The lowest BCUT2D eigenvalue weighted by Gasteiger charge is -2.28. The van der Waals surface area contributed by atoms with Gasteiger partial charge in [-0.15, -0.1) is 0 Å². The quantitative estimate of drug-likeness (QED) is 0.828. The molecule has 1 aliphatic heterocycles. The highest BCUT2D eigenvalue weighted by Gasteiger charge is 2.33. The maximum atomic E-state index is 12.7. The monoisotopic (exact) mass is 344 g/mol. The number of carbonyl (C=O) groups is 1. The molecule has 6 heteroatoms. The van der Waals surface area contributed by atoms with E-state index in [1.165, 1.54) is 21.3 Å². The molecule has 25 heavy (non-hydrogen) atoms. The number of ether oxygens (including phenoxy) is 5. The largest absolute Gasteiger partial charge is 0.497 e. The van der Waals surface area contributed by atoms with Gasteiger partial charge in [0.05, 0.1) is 40.4 Å². The van der Waals surface area contributed by atoms with Gasteiger partial charge < -0.3 is 23.7 Å². The van der Waals surface area contributed by atoms with Crippen molar-refractivity contribution in [3.63, 3.8) is 0 Å². The van der Waals surface area contributed by atoms with E-state index in [1.54, 1.807) is 13.2 Å². The fraction of sp³-hybridized carbons (Fsp3) is 0.316. The number of Topliss-reactive ketones (excluding diaryl/α,β-unsaturated/α-hetero) is 1. The lowest BCUT2D eigenvalue weighted by atomic mass is 9.95. The molecule has 132 valence electrons. The van der Waals surface area contributed by atoms with Crippen LogP contribution >= 0.6 is 0 Å². The second kappa shape index (κ2) is 6.93. The summed E-state index contributed by atoms with van der Waals surface area (Å²) in [6.45, 7) is 0. The van der Waals surface area contributed by atoms with Gasteiger partial charge in [0.1, 0.15) is 11.9 Å². The molecule has 1 aliphatic rings. The van der Waals surface area contributed by atoms with Crippen molar-refractivity contribution in [2.24, 2.45) is 0 Å². The van der Waals surface area contributed by atoms with Crippen molar-refractivity contribution in [1.29, 1.82) is 0 Å². The van der Waals surface area contributed by atoms with Gasteiger partial charge in [0.25, 0.3) is 0 Å². The molecule has 0 fully saturated rings. The van der Waals surface area contributed by atoms with Crippen LogP contribution in [0.3, 0.4) is 0 Å². The molecule has 0 saturated heterocycles. The normalized spacial score (nSPS) is 15.8. The van der Waals surface area contributed by atoms with Gasteiger partial charge in [-0.05, 0) is 23.8 Å². The van der Waals surface area contributed by atoms with E-state index in [1.807, 2.05) is 24.3 Å². The minimum atomic E-state index is -0.405. The molecule has 0 amide bonds. The van der Waals surface area contributed by atoms with Gasteiger partial charge in [0, 0.05) is 0 Å². The van der Waals surface area contributed by atoms with Crippen molar-refractivity contribution in [2.45, 2.75) is 12.5 Å². The molecule has 1 heterocycles. The number of hydrogen-bond donors (Lipinski definition) is 0. The number of benzene rings is 2. The zero-order chi connectivity index (χ0) is 18.0. The van der Waals surface area contributed by atoms with E-state index in [-0.39, 0.29) is 12.2 Å². The zero-order valence-corrected chi connectivity index (χ0v) is 14.6. The first-order valence-electron chi connectivity index (χ1n) is 7.79. The average Bonchev–Trinajstić information content (AvgIpc) is 2.66. The van der Waals surface area contributed by atoms with Gasteiger partial charge in [-0.2, -0.15) is 0 Å². The van der Waals surface area contributed by atoms with E-state index in [2.05, 4.69) is 0 Å². The van der Waals surface area contributed by atoms with Crippen molar-refractivity contribution < 1.29 is 28.5 Å². The van der Waals surface area contributed by atoms with Crippen LogP contribution in [-0.2, 0) is 0 Å². The summed E-state index contributed by atoms with van der Waals surface area (Å²) in [7, 11) is 6.13. The smallest absolute Gasteiger partial charge is 0.208 e. The molecule has 0 aliphatic carbocycles. The predicted molar refractivity (Wildman–Crippen MR) is 91.4 cm³/mol. The van der Waals surface area contributed by atoms with Crippen LogP contribution in [-0.4, -0.2) is 34.2 Å². The van der Waals surface area contributed by atoms with Gasteiger partial charge in [-0.25, -0.2) is 0 Å². The Morgan fingerprint density at radius 2 is 1.60 bits per heavy atom. The van der Waals surface area contributed by atoms with Crippen LogP contribution in [0.5, 0.6) is 28.7 Å². The molecule has 2 aromatic carbocycles. The Bertz CT molecular complexity index is 781. The molecule has 0 saturated carbocycles. The zero-order valence-electron chi connectivity index (χ0n) is 14.6. The van der Waals surface area contributed by atoms with Crippen molar-refractivity contribution >= 4 is 5.78 Å². The van der Waals surface area contributed by atoms with Crippen LogP contribution in [0.15, 0.2) is 30.3 Å². The second-order valence-corrected chi connectivity index (χ2v) is 5.53. The predicted octanol–water partition coefficient (Wildman–Crippen LogP) is 3.43. The Labute approximate surface area is 146 Å². The molecular weight excluding hydrogens is 324 g/mol. The third kappa shape index (κ3) is 2.95. The first kappa shape index (κ1) is 17.0. The van der Waals surface area contributed by atoms with E-state index >= 15 is 0 Å². The Morgan fingerprint density at radius 1 is 0.920 bits per heavy atom. The SMILES string of the molecule is COc1ccc([C@H]2CC(=O)c3cc(OC)c(OC)c(OC)c3O2)cc1. The average molecular weight is 344 g/mol. The third-order valence-corrected chi connectivity index (χ3v) is 4.20. The molecule has 0 radical (unpaired) electrons. The van der Waals surface area contributed by atoms with Crippen LogP contribution in [0.4, 0.5) is 0 Å². The molecule has 2 aromatic rings. The lowest BCUT2D eigenvalue weighted by molar-refractivity contribution is 0.0840.